The lowest BCUT2D eigenvalue weighted by Gasteiger charge is -2.20. The van der Waals surface area contributed by atoms with Gasteiger partial charge in [-0.25, -0.2) is 5.01 Å². The van der Waals surface area contributed by atoms with E-state index in [1.165, 1.54) is 11.9 Å². The second kappa shape index (κ2) is 9.26. The van der Waals surface area contributed by atoms with Crippen LogP contribution < -0.4 is 10.1 Å². The Morgan fingerprint density at radius 1 is 1.00 bits per heavy atom. The first-order valence-corrected chi connectivity index (χ1v) is 10.1. The van der Waals surface area contributed by atoms with Crippen LogP contribution in [0.25, 0.3) is 0 Å². The third kappa shape index (κ3) is 4.98. The van der Waals surface area contributed by atoms with Gasteiger partial charge in [-0.2, -0.15) is 5.10 Å². The molecule has 0 aromatic heterocycles. The van der Waals surface area contributed by atoms with Crippen LogP contribution in [0.15, 0.2) is 90.0 Å². The number of ether oxygens (including phenoxy) is 1. The van der Waals surface area contributed by atoms with Crippen molar-refractivity contribution in [2.24, 2.45) is 5.10 Å². The summed E-state index contributed by atoms with van der Waals surface area (Å²) in [6, 6.07) is 26.4. The molecule has 0 spiro atoms. The molecule has 2 amide bonds. The molecule has 3 aromatic carbocycles. The number of hydrazone groups is 1. The first-order valence-electron chi connectivity index (χ1n) is 10.1. The normalized spacial score (nSPS) is 15.3. The number of rotatable bonds is 6. The zero-order valence-electron chi connectivity index (χ0n) is 17.2. The number of carbonyl (C=O) groups is 2. The van der Waals surface area contributed by atoms with Crippen LogP contribution in [0.4, 0.5) is 5.69 Å². The Hall–Kier alpha value is -3.93. The molecule has 4 rings (SSSR count). The summed E-state index contributed by atoms with van der Waals surface area (Å²) in [5.41, 5.74) is 3.44. The van der Waals surface area contributed by atoms with E-state index in [1.807, 2.05) is 78.9 Å². The lowest BCUT2D eigenvalue weighted by Crippen LogP contribution is -2.24. The minimum absolute atomic E-state index is 0.100. The van der Waals surface area contributed by atoms with Gasteiger partial charge in [-0.05, 0) is 29.8 Å². The molecule has 6 nitrogen and oxygen atoms in total. The van der Waals surface area contributed by atoms with Gasteiger partial charge in [0.25, 0.3) is 5.91 Å². The molecule has 1 atom stereocenters. The van der Waals surface area contributed by atoms with E-state index in [4.69, 9.17) is 4.74 Å². The van der Waals surface area contributed by atoms with E-state index in [0.29, 0.717) is 12.2 Å². The summed E-state index contributed by atoms with van der Waals surface area (Å²) in [6.07, 6.45) is 0.613. The molecular weight excluding hydrogens is 390 g/mol. The lowest BCUT2D eigenvalue weighted by molar-refractivity contribution is -0.130. The van der Waals surface area contributed by atoms with Crippen LogP contribution in [0.5, 0.6) is 5.75 Å². The maximum absolute atomic E-state index is 12.2. The number of hydrogen-bond donors (Lipinski definition) is 1. The summed E-state index contributed by atoms with van der Waals surface area (Å²) in [7, 11) is 0. The van der Waals surface area contributed by atoms with Gasteiger partial charge in [0, 0.05) is 24.6 Å². The van der Waals surface area contributed by atoms with Gasteiger partial charge in [0.15, 0.2) is 6.61 Å². The number of anilines is 1. The van der Waals surface area contributed by atoms with Gasteiger partial charge in [-0.1, -0.05) is 60.7 Å². The van der Waals surface area contributed by atoms with Crippen LogP contribution >= 0.6 is 0 Å². The van der Waals surface area contributed by atoms with Crippen molar-refractivity contribution >= 4 is 23.2 Å². The lowest BCUT2D eigenvalue weighted by atomic mass is 9.98. The molecule has 1 aliphatic rings. The number of hydrogen-bond acceptors (Lipinski definition) is 4. The molecule has 156 valence electrons. The molecule has 3 aromatic rings. The highest BCUT2D eigenvalue weighted by molar-refractivity contribution is 6.03. The van der Waals surface area contributed by atoms with Crippen LogP contribution in [0.1, 0.15) is 30.5 Å². The molecule has 1 heterocycles. The zero-order valence-corrected chi connectivity index (χ0v) is 17.2. The topological polar surface area (TPSA) is 71.0 Å². The molecule has 0 aliphatic carbocycles. The average molecular weight is 413 g/mol. The Labute approximate surface area is 181 Å². The summed E-state index contributed by atoms with van der Waals surface area (Å²) in [5.74, 6) is 0.233. The Bertz CT molecular complexity index is 1100. The second-order valence-electron chi connectivity index (χ2n) is 7.27. The number of nitrogens with one attached hydrogen (secondary N) is 1. The molecule has 0 radical (unpaired) electrons. The largest absolute Gasteiger partial charge is 0.484 e. The molecule has 0 bridgehead atoms. The smallest absolute Gasteiger partial charge is 0.262 e. The van der Waals surface area contributed by atoms with E-state index < -0.39 is 0 Å². The molecule has 6 heteroatoms. The van der Waals surface area contributed by atoms with Crippen molar-refractivity contribution < 1.29 is 14.3 Å². The van der Waals surface area contributed by atoms with E-state index in [2.05, 4.69) is 10.4 Å². The SMILES string of the molecule is CC(=O)N1N=C(c2cccc(OCC(=O)Nc3ccccc3)c2)C[C@H]1c1ccccc1. The summed E-state index contributed by atoms with van der Waals surface area (Å²) >= 11 is 0. The van der Waals surface area contributed by atoms with E-state index in [9.17, 15) is 9.59 Å². The van der Waals surface area contributed by atoms with Crippen LogP contribution in [-0.4, -0.2) is 29.1 Å². The van der Waals surface area contributed by atoms with Gasteiger partial charge in [-0.15, -0.1) is 0 Å². The maximum atomic E-state index is 12.2. The van der Waals surface area contributed by atoms with Crippen LogP contribution in [-0.2, 0) is 9.59 Å². The first-order chi connectivity index (χ1) is 15.1. The third-order valence-electron chi connectivity index (χ3n) is 5.01. The van der Waals surface area contributed by atoms with Gasteiger partial charge in [0.2, 0.25) is 5.91 Å². The second-order valence-corrected chi connectivity index (χ2v) is 7.27. The molecule has 31 heavy (non-hydrogen) atoms. The zero-order chi connectivity index (χ0) is 21.6. The van der Waals surface area contributed by atoms with Crippen molar-refractivity contribution in [3.8, 4) is 5.75 Å². The molecule has 1 N–H and O–H groups in total. The molecule has 0 saturated heterocycles. The summed E-state index contributed by atoms with van der Waals surface area (Å²) < 4.78 is 5.68. The summed E-state index contributed by atoms with van der Waals surface area (Å²) in [6.45, 7) is 1.42. The molecular formula is C25H23N3O3. The molecule has 0 saturated carbocycles. The number of para-hydroxylation sites is 1. The van der Waals surface area contributed by atoms with E-state index >= 15 is 0 Å². The highest BCUT2D eigenvalue weighted by atomic mass is 16.5. The standard InChI is InChI=1S/C25H23N3O3/c1-18(29)28-24(19-9-4-2-5-10-19)16-23(27-28)20-11-8-14-22(15-20)31-17-25(30)26-21-12-6-3-7-13-21/h2-15,24H,16-17H2,1H3,(H,26,30)/t24-/m0/s1. The van der Waals surface area contributed by atoms with Gasteiger partial charge >= 0.3 is 0 Å². The first kappa shape index (κ1) is 20.3. The van der Waals surface area contributed by atoms with Gasteiger partial charge in [-0.3, -0.25) is 9.59 Å². The predicted octanol–water partition coefficient (Wildman–Crippen LogP) is 4.40. The average Bonchev–Trinajstić information content (AvgIpc) is 3.25. The van der Waals surface area contributed by atoms with Crippen molar-refractivity contribution in [3.05, 3.63) is 96.1 Å². The molecule has 0 unspecified atom stereocenters. The maximum Gasteiger partial charge on any atom is 0.262 e. The van der Waals surface area contributed by atoms with Crippen LogP contribution in [0, 0.1) is 0 Å². The van der Waals surface area contributed by atoms with E-state index in [1.54, 1.807) is 6.07 Å². The van der Waals surface area contributed by atoms with Gasteiger partial charge < -0.3 is 10.1 Å². The number of benzene rings is 3. The number of nitrogens with zero attached hydrogens (tertiary/aromatic N) is 2. The van der Waals surface area contributed by atoms with Crippen molar-refractivity contribution in [1.29, 1.82) is 0 Å². The number of amides is 2. The quantitative estimate of drug-likeness (QED) is 0.651. The fraction of sp³-hybridized carbons (Fsp3) is 0.160. The monoisotopic (exact) mass is 413 g/mol. The van der Waals surface area contributed by atoms with E-state index in [-0.39, 0.29) is 24.5 Å². The highest BCUT2D eigenvalue weighted by Gasteiger charge is 2.31. The van der Waals surface area contributed by atoms with Gasteiger partial charge in [0.1, 0.15) is 5.75 Å². The third-order valence-corrected chi connectivity index (χ3v) is 5.01. The fourth-order valence-electron chi connectivity index (χ4n) is 3.54. The predicted molar refractivity (Wildman–Crippen MR) is 120 cm³/mol. The van der Waals surface area contributed by atoms with E-state index in [0.717, 1.165) is 22.5 Å². The van der Waals surface area contributed by atoms with Crippen LogP contribution in [0.3, 0.4) is 0 Å². The van der Waals surface area contributed by atoms with Crippen molar-refractivity contribution in [2.45, 2.75) is 19.4 Å². The summed E-state index contributed by atoms with van der Waals surface area (Å²) in [4.78, 5) is 24.3. The Balaban J connectivity index is 1.44. The van der Waals surface area contributed by atoms with Crippen molar-refractivity contribution in [2.75, 3.05) is 11.9 Å². The Morgan fingerprint density at radius 2 is 1.71 bits per heavy atom. The molecule has 0 fully saturated rings. The molecule has 1 aliphatic heterocycles. The highest BCUT2D eigenvalue weighted by Crippen LogP contribution is 2.33. The van der Waals surface area contributed by atoms with Crippen molar-refractivity contribution in [3.63, 3.8) is 0 Å². The minimum atomic E-state index is -0.235. The Morgan fingerprint density at radius 3 is 2.42 bits per heavy atom. The number of carbonyl (C=O) groups excluding carboxylic acids is 2. The fourth-order valence-corrected chi connectivity index (χ4v) is 3.54. The van der Waals surface area contributed by atoms with Gasteiger partial charge in [0.05, 0.1) is 11.8 Å². The Kier molecular flexibility index (Phi) is 6.08. The minimum Gasteiger partial charge on any atom is -0.484 e. The summed E-state index contributed by atoms with van der Waals surface area (Å²) in [5, 5.41) is 8.90. The van der Waals surface area contributed by atoms with Crippen molar-refractivity contribution in [1.82, 2.24) is 5.01 Å². The van der Waals surface area contributed by atoms with Crippen LogP contribution in [0.2, 0.25) is 0 Å².